The molecule has 0 bridgehead atoms. The molecule has 0 spiro atoms. The van der Waals surface area contributed by atoms with Crippen LogP contribution in [-0.2, 0) is 4.79 Å². The number of amides is 1. The zero-order valence-corrected chi connectivity index (χ0v) is 10.2. The van der Waals surface area contributed by atoms with Crippen LogP contribution in [0, 0.1) is 0 Å². The van der Waals surface area contributed by atoms with Crippen molar-refractivity contribution >= 4 is 22.8 Å². The summed E-state index contributed by atoms with van der Waals surface area (Å²) in [6.45, 7) is 0.490. The van der Waals surface area contributed by atoms with Crippen molar-refractivity contribution in [2.24, 2.45) is 0 Å². The number of H-pyrrole nitrogens is 1. The molecule has 1 fully saturated rings. The van der Waals surface area contributed by atoms with E-state index in [2.05, 4.69) is 10.2 Å². The lowest BCUT2D eigenvalue weighted by molar-refractivity contribution is -0.141. The molecule has 1 saturated heterocycles. The first-order valence-electron chi connectivity index (χ1n) is 6.14. The summed E-state index contributed by atoms with van der Waals surface area (Å²) in [4.78, 5) is 25.1. The number of carboxylic acid groups (broad SMARTS) is 1. The van der Waals surface area contributed by atoms with Gasteiger partial charge in [-0.05, 0) is 25.0 Å². The van der Waals surface area contributed by atoms with Crippen LogP contribution in [0.1, 0.15) is 23.2 Å². The standard InChI is InChI=1S/C13H13N3O3/c17-12(16-6-2-5-11(16)13(18)19)8-3-1-4-10-9(8)7-14-15-10/h1,3-4,7,11H,2,5-6H2,(H,14,15)(H,18,19)/t11-/m1/s1. The third kappa shape index (κ3) is 1.85. The van der Waals surface area contributed by atoms with E-state index in [1.54, 1.807) is 18.3 Å². The number of carbonyl (C=O) groups excluding carboxylic acids is 1. The molecule has 2 N–H and O–H groups in total. The Kier molecular flexibility index (Phi) is 2.70. The molecule has 1 atom stereocenters. The van der Waals surface area contributed by atoms with Crippen LogP contribution < -0.4 is 0 Å². The minimum absolute atomic E-state index is 0.239. The number of aliphatic carboxylic acids is 1. The summed E-state index contributed by atoms with van der Waals surface area (Å²) in [6.07, 6.45) is 2.83. The molecule has 19 heavy (non-hydrogen) atoms. The first-order valence-corrected chi connectivity index (χ1v) is 6.14. The fourth-order valence-electron chi connectivity index (χ4n) is 2.58. The Labute approximate surface area is 109 Å². The maximum absolute atomic E-state index is 12.5. The predicted octanol–water partition coefficient (Wildman–Crippen LogP) is 1.25. The number of hydrogen-bond acceptors (Lipinski definition) is 3. The van der Waals surface area contributed by atoms with Crippen molar-refractivity contribution < 1.29 is 14.7 Å². The van der Waals surface area contributed by atoms with Gasteiger partial charge in [-0.2, -0.15) is 5.10 Å². The van der Waals surface area contributed by atoms with Crippen LogP contribution in [-0.4, -0.2) is 44.7 Å². The average Bonchev–Trinajstić information content (AvgIpc) is 3.05. The predicted molar refractivity (Wildman–Crippen MR) is 67.8 cm³/mol. The van der Waals surface area contributed by atoms with Crippen molar-refractivity contribution in [3.05, 3.63) is 30.0 Å². The zero-order chi connectivity index (χ0) is 13.4. The SMILES string of the molecule is O=C(O)[C@H]1CCCN1C(=O)c1cccc2[nH]ncc12. The van der Waals surface area contributed by atoms with E-state index in [9.17, 15) is 9.59 Å². The van der Waals surface area contributed by atoms with Crippen LogP contribution >= 0.6 is 0 Å². The number of benzene rings is 1. The van der Waals surface area contributed by atoms with Gasteiger partial charge < -0.3 is 10.0 Å². The smallest absolute Gasteiger partial charge is 0.326 e. The van der Waals surface area contributed by atoms with Crippen LogP contribution in [0.25, 0.3) is 10.9 Å². The van der Waals surface area contributed by atoms with Gasteiger partial charge in [0.2, 0.25) is 0 Å². The molecule has 2 aromatic rings. The monoisotopic (exact) mass is 259 g/mol. The van der Waals surface area contributed by atoms with Crippen molar-refractivity contribution in [1.29, 1.82) is 0 Å². The maximum Gasteiger partial charge on any atom is 0.326 e. The molecule has 0 radical (unpaired) electrons. The van der Waals surface area contributed by atoms with Crippen LogP contribution in [0.4, 0.5) is 0 Å². The maximum atomic E-state index is 12.5. The minimum Gasteiger partial charge on any atom is -0.480 e. The van der Waals surface area contributed by atoms with E-state index in [0.29, 0.717) is 18.5 Å². The van der Waals surface area contributed by atoms with Crippen molar-refractivity contribution in [3.63, 3.8) is 0 Å². The van der Waals surface area contributed by atoms with Crippen molar-refractivity contribution in [3.8, 4) is 0 Å². The number of aromatic nitrogens is 2. The highest BCUT2D eigenvalue weighted by atomic mass is 16.4. The molecule has 0 saturated carbocycles. The number of carbonyl (C=O) groups is 2. The summed E-state index contributed by atoms with van der Waals surface area (Å²) >= 11 is 0. The Bertz CT molecular complexity index is 649. The van der Waals surface area contributed by atoms with Gasteiger partial charge in [-0.15, -0.1) is 0 Å². The van der Waals surface area contributed by atoms with Gasteiger partial charge in [-0.1, -0.05) is 6.07 Å². The lowest BCUT2D eigenvalue weighted by atomic mass is 10.1. The van der Waals surface area contributed by atoms with E-state index >= 15 is 0 Å². The van der Waals surface area contributed by atoms with Gasteiger partial charge in [0.05, 0.1) is 17.3 Å². The molecule has 1 aromatic carbocycles. The van der Waals surface area contributed by atoms with Crippen LogP contribution in [0.2, 0.25) is 0 Å². The second-order valence-electron chi connectivity index (χ2n) is 4.63. The lowest BCUT2D eigenvalue weighted by Gasteiger charge is -2.21. The van der Waals surface area contributed by atoms with Crippen LogP contribution in [0.3, 0.4) is 0 Å². The highest BCUT2D eigenvalue weighted by molar-refractivity contribution is 6.07. The highest BCUT2D eigenvalue weighted by Crippen LogP contribution is 2.23. The first-order chi connectivity index (χ1) is 9.18. The summed E-state index contributed by atoms with van der Waals surface area (Å²) in [6, 6.07) is 4.59. The Balaban J connectivity index is 2.00. The molecule has 1 aliphatic rings. The second-order valence-corrected chi connectivity index (χ2v) is 4.63. The Morgan fingerprint density at radius 1 is 1.42 bits per heavy atom. The number of carboxylic acids is 1. The third-order valence-corrected chi connectivity index (χ3v) is 3.51. The van der Waals surface area contributed by atoms with Gasteiger partial charge in [0.25, 0.3) is 5.91 Å². The normalized spacial score (nSPS) is 18.9. The number of likely N-dealkylation sites (tertiary alicyclic amines) is 1. The summed E-state index contributed by atoms with van der Waals surface area (Å²) in [5.41, 5.74) is 1.27. The number of aromatic amines is 1. The second kappa shape index (κ2) is 4.38. The average molecular weight is 259 g/mol. The third-order valence-electron chi connectivity index (χ3n) is 3.51. The number of nitrogens with one attached hydrogen (secondary N) is 1. The van der Waals surface area contributed by atoms with Crippen molar-refractivity contribution in [2.45, 2.75) is 18.9 Å². The molecule has 0 aliphatic carbocycles. The van der Waals surface area contributed by atoms with E-state index in [4.69, 9.17) is 5.11 Å². The molecule has 3 rings (SSSR count). The molecule has 0 unspecified atom stereocenters. The fraction of sp³-hybridized carbons (Fsp3) is 0.308. The molecule has 1 amide bonds. The Morgan fingerprint density at radius 3 is 3.05 bits per heavy atom. The van der Waals surface area contributed by atoms with Gasteiger partial charge in [0.1, 0.15) is 6.04 Å². The summed E-state index contributed by atoms with van der Waals surface area (Å²) in [5, 5.41) is 16.6. The molecule has 6 heteroatoms. The molecule has 1 aliphatic heterocycles. The summed E-state index contributed by atoms with van der Waals surface area (Å²) < 4.78 is 0. The van der Waals surface area contributed by atoms with Gasteiger partial charge in [0, 0.05) is 11.9 Å². The molecular formula is C13H13N3O3. The van der Waals surface area contributed by atoms with E-state index in [1.165, 1.54) is 4.90 Å². The zero-order valence-electron chi connectivity index (χ0n) is 10.2. The molecule has 6 nitrogen and oxygen atoms in total. The summed E-state index contributed by atoms with van der Waals surface area (Å²) in [5.74, 6) is -1.18. The summed E-state index contributed by atoms with van der Waals surface area (Å²) in [7, 11) is 0. The highest BCUT2D eigenvalue weighted by Gasteiger charge is 2.34. The quantitative estimate of drug-likeness (QED) is 0.849. The van der Waals surface area contributed by atoms with Crippen LogP contribution in [0.5, 0.6) is 0 Å². The number of fused-ring (bicyclic) bond motifs is 1. The fourth-order valence-corrected chi connectivity index (χ4v) is 2.58. The Morgan fingerprint density at radius 2 is 2.26 bits per heavy atom. The minimum atomic E-state index is -0.940. The first kappa shape index (κ1) is 11.7. The molecule has 2 heterocycles. The number of nitrogens with zero attached hydrogens (tertiary/aromatic N) is 2. The van der Waals surface area contributed by atoms with Gasteiger partial charge in [-0.25, -0.2) is 4.79 Å². The van der Waals surface area contributed by atoms with E-state index in [1.807, 2.05) is 6.07 Å². The van der Waals surface area contributed by atoms with Gasteiger partial charge >= 0.3 is 5.97 Å². The topological polar surface area (TPSA) is 86.3 Å². The van der Waals surface area contributed by atoms with Gasteiger partial charge in [-0.3, -0.25) is 9.89 Å². The van der Waals surface area contributed by atoms with E-state index in [-0.39, 0.29) is 5.91 Å². The van der Waals surface area contributed by atoms with E-state index < -0.39 is 12.0 Å². The largest absolute Gasteiger partial charge is 0.480 e. The molecular weight excluding hydrogens is 246 g/mol. The van der Waals surface area contributed by atoms with Crippen molar-refractivity contribution in [2.75, 3.05) is 6.54 Å². The number of rotatable bonds is 2. The van der Waals surface area contributed by atoms with E-state index in [0.717, 1.165) is 17.3 Å². The lowest BCUT2D eigenvalue weighted by Crippen LogP contribution is -2.40. The molecule has 98 valence electrons. The van der Waals surface area contributed by atoms with Gasteiger partial charge in [0.15, 0.2) is 0 Å². The van der Waals surface area contributed by atoms with Crippen molar-refractivity contribution in [1.82, 2.24) is 15.1 Å². The molecule has 1 aromatic heterocycles. The van der Waals surface area contributed by atoms with Crippen LogP contribution in [0.15, 0.2) is 24.4 Å². The Hall–Kier alpha value is -2.37. The number of hydrogen-bond donors (Lipinski definition) is 2.